The Morgan fingerprint density at radius 3 is 0.747 bits per heavy atom. The molecule has 0 radical (unpaired) electrons. The normalized spacial score (nSPS) is 12.5. The summed E-state index contributed by atoms with van der Waals surface area (Å²) in [6.45, 7) is 6.57. The second-order valence-electron chi connectivity index (χ2n) is 24.5. The summed E-state index contributed by atoms with van der Waals surface area (Å²) in [6, 6.07) is 0. The lowest BCUT2D eigenvalue weighted by Crippen LogP contribution is -2.30. The third-order valence-electron chi connectivity index (χ3n) is 16.2. The molecule has 0 aliphatic heterocycles. The van der Waals surface area contributed by atoms with Crippen LogP contribution in [0.3, 0.4) is 0 Å². The number of allylic oxidation sites excluding steroid dienone is 12. The second-order valence-corrected chi connectivity index (χ2v) is 24.5. The predicted molar refractivity (Wildman–Crippen MR) is 362 cm³/mol. The molecule has 0 fully saturated rings. The van der Waals surface area contributed by atoms with Crippen LogP contribution in [-0.2, 0) is 28.6 Å². The minimum Gasteiger partial charge on any atom is -0.462 e. The molecule has 0 aliphatic rings. The number of carbonyl (C=O) groups excluding carboxylic acids is 3. The molecule has 0 aromatic carbocycles. The molecule has 0 N–H and O–H groups in total. The van der Waals surface area contributed by atoms with Crippen molar-refractivity contribution in [1.29, 1.82) is 0 Å². The molecule has 0 heterocycles. The lowest BCUT2D eigenvalue weighted by molar-refractivity contribution is -0.167. The molecule has 0 saturated carbocycles. The van der Waals surface area contributed by atoms with Crippen molar-refractivity contribution >= 4 is 17.9 Å². The van der Waals surface area contributed by atoms with Crippen LogP contribution in [0.2, 0.25) is 0 Å². The Kier molecular flexibility index (Phi) is 68.6. The van der Waals surface area contributed by atoms with Crippen LogP contribution < -0.4 is 0 Å². The standard InChI is InChI=1S/C77H138O6/c1-4-7-10-13-16-19-22-25-28-30-32-34-36-37-38-39-40-41-42-44-45-47-49-52-55-58-61-64-67-70-76(79)82-73-74(72-81-75(78)69-66-63-60-57-54-51-27-24-21-18-15-12-9-6-3)83-77(80)71-68-65-62-59-56-53-50-48-46-43-35-33-31-29-26-23-20-17-14-11-8-5-2/h7,10,16,19,24-25,27-28,32,34,37-38,74H,4-6,8-9,11-15,17-18,20-23,26,29-31,33,35-36,39-73H2,1-3H3/b10-7-,19-16-,27-24-,28-25-,34-32-,38-37-. The zero-order valence-corrected chi connectivity index (χ0v) is 55.5. The fraction of sp³-hybridized carbons (Fsp3) is 0.805. The van der Waals surface area contributed by atoms with Crippen LogP contribution in [0.1, 0.15) is 380 Å². The number of hydrogen-bond donors (Lipinski definition) is 0. The van der Waals surface area contributed by atoms with Gasteiger partial charge in [0.15, 0.2) is 6.10 Å². The van der Waals surface area contributed by atoms with E-state index in [0.29, 0.717) is 19.3 Å². The molecule has 0 aromatic rings. The number of ether oxygens (including phenoxy) is 3. The molecule has 0 spiro atoms. The van der Waals surface area contributed by atoms with Crippen molar-refractivity contribution < 1.29 is 28.6 Å². The lowest BCUT2D eigenvalue weighted by Gasteiger charge is -2.18. The Labute approximate surface area is 516 Å². The van der Waals surface area contributed by atoms with Crippen LogP contribution in [-0.4, -0.2) is 37.2 Å². The zero-order chi connectivity index (χ0) is 59.9. The first-order valence-electron chi connectivity index (χ1n) is 36.4. The molecule has 0 bridgehead atoms. The maximum Gasteiger partial charge on any atom is 0.306 e. The summed E-state index contributed by atoms with van der Waals surface area (Å²) in [7, 11) is 0. The Bertz CT molecular complexity index is 1520. The van der Waals surface area contributed by atoms with E-state index in [0.717, 1.165) is 96.3 Å². The van der Waals surface area contributed by atoms with Gasteiger partial charge in [-0.3, -0.25) is 14.4 Å². The molecule has 0 aromatic heterocycles. The highest BCUT2D eigenvalue weighted by Crippen LogP contribution is 2.18. The van der Waals surface area contributed by atoms with E-state index in [9.17, 15) is 14.4 Å². The van der Waals surface area contributed by atoms with Gasteiger partial charge in [0.2, 0.25) is 0 Å². The summed E-state index contributed by atoms with van der Waals surface area (Å²) < 4.78 is 17.0. The van der Waals surface area contributed by atoms with Crippen molar-refractivity contribution in [3.05, 3.63) is 72.9 Å². The van der Waals surface area contributed by atoms with Gasteiger partial charge in [-0.2, -0.15) is 0 Å². The Hall–Kier alpha value is -3.15. The molecule has 6 heteroatoms. The van der Waals surface area contributed by atoms with Gasteiger partial charge < -0.3 is 14.2 Å². The average molecular weight is 1160 g/mol. The molecule has 482 valence electrons. The van der Waals surface area contributed by atoms with Gasteiger partial charge in [0.25, 0.3) is 0 Å². The fourth-order valence-corrected chi connectivity index (χ4v) is 10.8. The highest BCUT2D eigenvalue weighted by molar-refractivity contribution is 5.71. The van der Waals surface area contributed by atoms with Gasteiger partial charge in [-0.1, -0.05) is 344 Å². The molecule has 0 amide bonds. The number of hydrogen-bond acceptors (Lipinski definition) is 6. The Balaban J connectivity index is 4.25. The summed E-state index contributed by atoms with van der Waals surface area (Å²) in [5.74, 6) is -0.858. The SMILES string of the molecule is CC/C=C\C/C=C\C/C=C\C/C=C\C/C=C\CCCCCCCCCCCCCCCC(=O)OCC(COC(=O)CCCCCCC/C=C\CCCCCCC)OC(=O)CCCCCCCCCCCCCCCCCCCCCCCC. The summed E-state index contributed by atoms with van der Waals surface area (Å²) in [5, 5.41) is 0. The third-order valence-corrected chi connectivity index (χ3v) is 16.2. The van der Waals surface area contributed by atoms with Crippen LogP contribution in [0.25, 0.3) is 0 Å². The monoisotopic (exact) mass is 1160 g/mol. The predicted octanol–water partition coefficient (Wildman–Crippen LogP) is 25.2. The topological polar surface area (TPSA) is 78.9 Å². The molecular formula is C77H138O6. The van der Waals surface area contributed by atoms with E-state index >= 15 is 0 Å². The summed E-state index contributed by atoms with van der Waals surface area (Å²) in [6.07, 6.45) is 93.6. The number of carbonyl (C=O) groups is 3. The number of unbranched alkanes of at least 4 members (excludes halogenated alkanes) is 44. The van der Waals surface area contributed by atoms with Crippen LogP contribution in [0.4, 0.5) is 0 Å². The van der Waals surface area contributed by atoms with Crippen LogP contribution >= 0.6 is 0 Å². The van der Waals surface area contributed by atoms with E-state index in [1.807, 2.05) is 0 Å². The van der Waals surface area contributed by atoms with Crippen molar-refractivity contribution in [2.45, 2.75) is 386 Å². The van der Waals surface area contributed by atoms with Gasteiger partial charge in [-0.25, -0.2) is 0 Å². The maximum atomic E-state index is 13.0. The summed E-state index contributed by atoms with van der Waals surface area (Å²) in [5.41, 5.74) is 0. The molecule has 83 heavy (non-hydrogen) atoms. The van der Waals surface area contributed by atoms with E-state index < -0.39 is 6.10 Å². The van der Waals surface area contributed by atoms with Gasteiger partial charge in [-0.15, -0.1) is 0 Å². The molecule has 1 atom stereocenters. The molecule has 0 saturated heterocycles. The third kappa shape index (κ3) is 69.5. The van der Waals surface area contributed by atoms with Crippen LogP contribution in [0, 0.1) is 0 Å². The maximum absolute atomic E-state index is 13.0. The van der Waals surface area contributed by atoms with Gasteiger partial charge in [-0.05, 0) is 89.9 Å². The van der Waals surface area contributed by atoms with E-state index in [2.05, 4.69) is 93.7 Å². The minimum atomic E-state index is -0.778. The quantitative estimate of drug-likeness (QED) is 0.0261. The zero-order valence-electron chi connectivity index (χ0n) is 55.5. The van der Waals surface area contributed by atoms with Crippen molar-refractivity contribution in [2.24, 2.45) is 0 Å². The second kappa shape index (κ2) is 71.3. The van der Waals surface area contributed by atoms with Crippen molar-refractivity contribution in [2.75, 3.05) is 13.2 Å². The van der Waals surface area contributed by atoms with Crippen LogP contribution in [0.5, 0.6) is 0 Å². The molecule has 0 rings (SSSR count). The van der Waals surface area contributed by atoms with E-state index in [-0.39, 0.29) is 31.1 Å². The fourth-order valence-electron chi connectivity index (χ4n) is 10.8. The first kappa shape index (κ1) is 79.8. The van der Waals surface area contributed by atoms with Gasteiger partial charge >= 0.3 is 17.9 Å². The molecule has 6 nitrogen and oxygen atoms in total. The summed E-state index contributed by atoms with van der Waals surface area (Å²) >= 11 is 0. The highest BCUT2D eigenvalue weighted by Gasteiger charge is 2.19. The van der Waals surface area contributed by atoms with Crippen molar-refractivity contribution in [3.8, 4) is 0 Å². The van der Waals surface area contributed by atoms with Crippen LogP contribution in [0.15, 0.2) is 72.9 Å². The van der Waals surface area contributed by atoms with Gasteiger partial charge in [0.05, 0.1) is 0 Å². The van der Waals surface area contributed by atoms with Gasteiger partial charge in [0.1, 0.15) is 13.2 Å². The first-order chi connectivity index (χ1) is 41.0. The van der Waals surface area contributed by atoms with E-state index in [1.165, 1.54) is 244 Å². The largest absolute Gasteiger partial charge is 0.462 e. The minimum absolute atomic E-state index is 0.0738. The molecular weight excluding hydrogens is 1020 g/mol. The first-order valence-corrected chi connectivity index (χ1v) is 36.4. The molecule has 1 unspecified atom stereocenters. The molecule has 0 aliphatic carbocycles. The smallest absolute Gasteiger partial charge is 0.306 e. The Morgan fingerprint density at radius 1 is 0.253 bits per heavy atom. The highest BCUT2D eigenvalue weighted by atomic mass is 16.6. The van der Waals surface area contributed by atoms with Crippen molar-refractivity contribution in [1.82, 2.24) is 0 Å². The Morgan fingerprint density at radius 2 is 0.470 bits per heavy atom. The number of rotatable bonds is 67. The average Bonchev–Trinajstić information content (AvgIpc) is 3.49. The number of esters is 3. The summed E-state index contributed by atoms with van der Waals surface area (Å²) in [4.78, 5) is 38.5. The lowest BCUT2D eigenvalue weighted by atomic mass is 10.0. The van der Waals surface area contributed by atoms with E-state index in [4.69, 9.17) is 14.2 Å². The van der Waals surface area contributed by atoms with Gasteiger partial charge in [0, 0.05) is 19.3 Å². The van der Waals surface area contributed by atoms with E-state index in [1.54, 1.807) is 0 Å². The van der Waals surface area contributed by atoms with Crippen molar-refractivity contribution in [3.63, 3.8) is 0 Å².